The molecule has 0 saturated heterocycles. The molecule has 0 saturated carbocycles. The van der Waals surface area contributed by atoms with Gasteiger partial charge in [-0.25, -0.2) is 0 Å². The van der Waals surface area contributed by atoms with Gasteiger partial charge in [-0.2, -0.15) is 0 Å². The van der Waals surface area contributed by atoms with Gasteiger partial charge in [0.1, 0.15) is 13.5 Å². The molecule has 0 radical (unpaired) electrons. The molecular weight excluding hydrogens is 251 g/mol. The molecular formula is C12H29N2O3P. The maximum Gasteiger partial charge on any atom is 0.321 e. The summed E-state index contributed by atoms with van der Waals surface area (Å²) in [6.07, 6.45) is 7.07. The topological polar surface area (TPSA) is 59.6 Å². The SMILES string of the molecule is CCCCCNCO[PH](=O)OCNCCCCC. The van der Waals surface area contributed by atoms with Crippen LogP contribution in [0.3, 0.4) is 0 Å². The van der Waals surface area contributed by atoms with Gasteiger partial charge in [0.15, 0.2) is 0 Å². The van der Waals surface area contributed by atoms with Crippen molar-refractivity contribution in [1.29, 1.82) is 0 Å². The Morgan fingerprint density at radius 2 is 1.28 bits per heavy atom. The Labute approximate surface area is 112 Å². The van der Waals surface area contributed by atoms with Crippen molar-refractivity contribution in [3.05, 3.63) is 0 Å². The predicted octanol–water partition coefficient (Wildman–Crippen LogP) is 2.88. The van der Waals surface area contributed by atoms with Crippen LogP contribution in [-0.4, -0.2) is 26.6 Å². The maximum absolute atomic E-state index is 11.3. The predicted molar refractivity (Wildman–Crippen MR) is 76.0 cm³/mol. The first-order valence-corrected chi connectivity index (χ1v) is 8.24. The summed E-state index contributed by atoms with van der Waals surface area (Å²) in [5.41, 5.74) is 0. The van der Waals surface area contributed by atoms with Gasteiger partial charge in [-0.1, -0.05) is 39.5 Å². The number of nitrogens with one attached hydrogen (secondary N) is 2. The molecule has 0 atom stereocenters. The zero-order chi connectivity index (χ0) is 13.5. The van der Waals surface area contributed by atoms with Crippen molar-refractivity contribution in [2.45, 2.75) is 52.4 Å². The van der Waals surface area contributed by atoms with Crippen molar-refractivity contribution in [2.24, 2.45) is 0 Å². The van der Waals surface area contributed by atoms with Gasteiger partial charge >= 0.3 is 8.25 Å². The molecule has 0 aliphatic heterocycles. The average molecular weight is 280 g/mol. The number of hydrogen-bond acceptors (Lipinski definition) is 5. The quantitative estimate of drug-likeness (QED) is 0.291. The summed E-state index contributed by atoms with van der Waals surface area (Å²) in [5, 5.41) is 6.14. The normalized spacial score (nSPS) is 11.3. The molecule has 0 aliphatic carbocycles. The van der Waals surface area contributed by atoms with Gasteiger partial charge in [0, 0.05) is 0 Å². The van der Waals surface area contributed by atoms with Gasteiger partial charge in [0.2, 0.25) is 0 Å². The summed E-state index contributed by atoms with van der Waals surface area (Å²) in [5.74, 6) is 0. The van der Waals surface area contributed by atoms with Gasteiger partial charge < -0.3 is 0 Å². The van der Waals surface area contributed by atoms with Gasteiger partial charge in [0.05, 0.1) is 0 Å². The fraction of sp³-hybridized carbons (Fsp3) is 1.00. The lowest BCUT2D eigenvalue weighted by Gasteiger charge is -2.07. The summed E-state index contributed by atoms with van der Waals surface area (Å²) in [4.78, 5) is 0. The monoisotopic (exact) mass is 280 g/mol. The van der Waals surface area contributed by atoms with Crippen molar-refractivity contribution in [2.75, 3.05) is 26.6 Å². The molecule has 2 N–H and O–H groups in total. The second-order valence-corrected chi connectivity index (χ2v) is 5.32. The lowest BCUT2D eigenvalue weighted by molar-refractivity contribution is 0.201. The standard InChI is InChI=1S/C12H29N2O3P/c1-3-5-7-9-13-11-16-18(15)17-12-14-10-8-6-4-2/h13-14,18H,3-12H2,1-2H3. The Kier molecular flexibility index (Phi) is 15.2. The smallest absolute Gasteiger partial charge is 0.295 e. The first-order chi connectivity index (χ1) is 8.81. The highest BCUT2D eigenvalue weighted by Gasteiger charge is 1.98. The summed E-state index contributed by atoms with van der Waals surface area (Å²) in [6, 6.07) is 0. The Bertz CT molecular complexity index is 176. The van der Waals surface area contributed by atoms with E-state index in [-0.39, 0.29) is 0 Å². The van der Waals surface area contributed by atoms with E-state index < -0.39 is 8.25 Å². The van der Waals surface area contributed by atoms with Crippen LogP contribution in [0.2, 0.25) is 0 Å². The second kappa shape index (κ2) is 15.1. The van der Waals surface area contributed by atoms with Gasteiger partial charge in [-0.05, 0) is 25.9 Å². The van der Waals surface area contributed by atoms with Crippen LogP contribution in [0.4, 0.5) is 0 Å². The summed E-state index contributed by atoms with van der Waals surface area (Å²) in [7, 11) is -2.35. The Hall–Kier alpha value is 0.0700. The van der Waals surface area contributed by atoms with Crippen LogP contribution in [0.15, 0.2) is 0 Å². The maximum atomic E-state index is 11.3. The minimum atomic E-state index is -2.35. The first-order valence-electron chi connectivity index (χ1n) is 7.02. The molecule has 5 nitrogen and oxygen atoms in total. The molecule has 18 heavy (non-hydrogen) atoms. The summed E-state index contributed by atoms with van der Waals surface area (Å²) in [6.45, 7) is 6.73. The fourth-order valence-electron chi connectivity index (χ4n) is 1.41. The van der Waals surface area contributed by atoms with Crippen molar-refractivity contribution in [3.63, 3.8) is 0 Å². The van der Waals surface area contributed by atoms with E-state index >= 15 is 0 Å². The molecule has 0 spiro atoms. The summed E-state index contributed by atoms with van der Waals surface area (Å²) >= 11 is 0. The molecule has 0 aromatic rings. The molecule has 0 aliphatic rings. The van der Waals surface area contributed by atoms with E-state index in [1.165, 1.54) is 25.7 Å². The van der Waals surface area contributed by atoms with E-state index in [0.717, 1.165) is 25.9 Å². The molecule has 0 bridgehead atoms. The van der Waals surface area contributed by atoms with E-state index in [9.17, 15) is 4.57 Å². The van der Waals surface area contributed by atoms with Gasteiger partial charge in [-0.15, -0.1) is 0 Å². The molecule has 6 heteroatoms. The van der Waals surface area contributed by atoms with Crippen molar-refractivity contribution >= 4 is 8.25 Å². The lowest BCUT2D eigenvalue weighted by atomic mass is 10.2. The molecule has 0 aromatic heterocycles. The Balaban J connectivity index is 3.12. The fourth-order valence-corrected chi connectivity index (χ4v) is 1.93. The van der Waals surface area contributed by atoms with Crippen molar-refractivity contribution < 1.29 is 13.6 Å². The van der Waals surface area contributed by atoms with E-state index in [2.05, 4.69) is 24.5 Å². The van der Waals surface area contributed by atoms with Gasteiger partial charge in [0.25, 0.3) is 0 Å². The van der Waals surface area contributed by atoms with Crippen LogP contribution in [0, 0.1) is 0 Å². The average Bonchev–Trinajstić information content (AvgIpc) is 2.38. The highest BCUT2D eigenvalue weighted by atomic mass is 31.1. The molecule has 0 amide bonds. The number of unbranched alkanes of at least 4 members (excludes halogenated alkanes) is 4. The zero-order valence-electron chi connectivity index (χ0n) is 11.8. The van der Waals surface area contributed by atoms with Crippen LogP contribution in [-0.2, 0) is 13.6 Å². The Morgan fingerprint density at radius 1 is 0.833 bits per heavy atom. The van der Waals surface area contributed by atoms with Crippen LogP contribution in [0.25, 0.3) is 0 Å². The first kappa shape index (κ1) is 18.1. The third-order valence-electron chi connectivity index (χ3n) is 2.50. The van der Waals surface area contributed by atoms with E-state index in [1.807, 2.05) is 0 Å². The Morgan fingerprint density at radius 3 is 1.67 bits per heavy atom. The lowest BCUT2D eigenvalue weighted by Crippen LogP contribution is -2.19. The van der Waals surface area contributed by atoms with Crippen molar-refractivity contribution in [3.8, 4) is 0 Å². The van der Waals surface area contributed by atoms with E-state index in [1.54, 1.807) is 0 Å². The molecule has 0 rings (SSSR count). The van der Waals surface area contributed by atoms with Crippen LogP contribution < -0.4 is 10.6 Å². The van der Waals surface area contributed by atoms with Gasteiger partial charge in [-0.3, -0.25) is 24.2 Å². The van der Waals surface area contributed by atoms with Crippen LogP contribution in [0.1, 0.15) is 52.4 Å². The van der Waals surface area contributed by atoms with E-state index in [4.69, 9.17) is 9.05 Å². The van der Waals surface area contributed by atoms with Crippen LogP contribution in [0.5, 0.6) is 0 Å². The largest absolute Gasteiger partial charge is 0.321 e. The van der Waals surface area contributed by atoms with Crippen LogP contribution >= 0.6 is 8.25 Å². The highest BCUT2D eigenvalue weighted by Crippen LogP contribution is 2.21. The van der Waals surface area contributed by atoms with E-state index in [0.29, 0.717) is 13.5 Å². The minimum Gasteiger partial charge on any atom is -0.295 e. The number of hydrogen-bond donors (Lipinski definition) is 2. The molecule has 0 fully saturated rings. The highest BCUT2D eigenvalue weighted by molar-refractivity contribution is 7.33. The second-order valence-electron chi connectivity index (χ2n) is 4.24. The molecule has 110 valence electrons. The third kappa shape index (κ3) is 14.1. The molecule has 0 unspecified atom stereocenters. The summed E-state index contributed by atoms with van der Waals surface area (Å²) < 4.78 is 21.3. The third-order valence-corrected chi connectivity index (χ3v) is 3.26. The zero-order valence-corrected chi connectivity index (χ0v) is 12.8. The van der Waals surface area contributed by atoms with Crippen molar-refractivity contribution in [1.82, 2.24) is 10.6 Å². The molecule has 0 aromatic carbocycles. The molecule has 0 heterocycles. The minimum absolute atomic E-state index is 0.303. The number of rotatable bonds is 14.